The van der Waals surface area contributed by atoms with Gasteiger partial charge in [-0.25, -0.2) is 0 Å². The van der Waals surface area contributed by atoms with Crippen LogP contribution in [0.4, 0.5) is 45.5 Å². The van der Waals surface area contributed by atoms with E-state index in [-0.39, 0.29) is 44.6 Å². The Bertz CT molecular complexity index is 4030. The normalized spacial score (nSPS) is 23.0. The summed E-state index contributed by atoms with van der Waals surface area (Å²) in [5.74, 6) is 0.571. The molecule has 0 bridgehead atoms. The van der Waals surface area contributed by atoms with Crippen molar-refractivity contribution < 1.29 is 4.42 Å². The van der Waals surface area contributed by atoms with Crippen LogP contribution in [0.5, 0.6) is 0 Å². The second-order valence-electron chi connectivity index (χ2n) is 32.4. The fourth-order valence-electron chi connectivity index (χ4n) is 17.0. The van der Waals surface area contributed by atoms with E-state index in [1.807, 2.05) is 0 Å². The highest BCUT2D eigenvalue weighted by atomic mass is 28.3. The first-order valence-corrected chi connectivity index (χ1v) is 35.6. The molecule has 0 radical (unpaired) electrons. The van der Waals surface area contributed by atoms with Gasteiger partial charge in [-0.15, -0.1) is 0 Å². The van der Waals surface area contributed by atoms with Gasteiger partial charge in [-0.3, -0.25) is 0 Å². The average Bonchev–Trinajstić information content (AvgIpc) is 0.997. The quantitative estimate of drug-likeness (QED) is 0.168. The van der Waals surface area contributed by atoms with Gasteiger partial charge >= 0.3 is 0 Å². The number of benzene rings is 7. The van der Waals surface area contributed by atoms with Gasteiger partial charge in [-0.2, -0.15) is 0 Å². The number of nitrogens with zero attached hydrogens (tertiary/aromatic N) is 2. The van der Waals surface area contributed by atoms with Crippen LogP contribution in [0, 0.1) is 5.92 Å². The second-order valence-corrected chi connectivity index (χ2v) is 37.5. The van der Waals surface area contributed by atoms with E-state index in [0.717, 1.165) is 65.4 Å². The molecular weight excluding hydrogens is 1020 g/mol. The van der Waals surface area contributed by atoms with Gasteiger partial charge in [0.05, 0.1) is 19.1 Å². The van der Waals surface area contributed by atoms with Crippen LogP contribution in [0.3, 0.4) is 0 Å². The van der Waals surface area contributed by atoms with Crippen molar-refractivity contribution >= 4 is 104 Å². The largest absolute Gasteiger partial charge is 0.456 e. The molecule has 0 amide bonds. The molecule has 0 spiro atoms. The van der Waals surface area contributed by atoms with Crippen LogP contribution in [0.2, 0.25) is 19.6 Å². The molecular formula is C77H92BN3OSi. The molecule has 4 nitrogen and oxygen atoms in total. The number of hydrogen-bond acceptors (Lipinski definition) is 4. The van der Waals surface area contributed by atoms with Crippen LogP contribution in [0.1, 0.15) is 200 Å². The Balaban J connectivity index is 1.14. The number of nitrogens with one attached hydrogen (secondary N) is 1. The zero-order chi connectivity index (χ0) is 58.5. The van der Waals surface area contributed by atoms with Gasteiger partial charge in [0.15, 0.2) is 0 Å². The minimum absolute atomic E-state index is 0.00663. The van der Waals surface area contributed by atoms with Crippen LogP contribution in [-0.2, 0) is 37.9 Å². The first kappa shape index (κ1) is 54.9. The molecule has 4 aliphatic carbocycles. The molecule has 1 saturated carbocycles. The van der Waals surface area contributed by atoms with Gasteiger partial charge in [-0.1, -0.05) is 189 Å². The van der Waals surface area contributed by atoms with Crippen LogP contribution >= 0.6 is 0 Å². The summed E-state index contributed by atoms with van der Waals surface area (Å²) in [4.78, 5) is 5.47. The van der Waals surface area contributed by atoms with E-state index in [2.05, 4.69) is 247 Å². The highest BCUT2D eigenvalue weighted by Crippen LogP contribution is 2.56. The van der Waals surface area contributed by atoms with E-state index >= 15 is 0 Å². The number of para-hydroxylation sites is 1. The van der Waals surface area contributed by atoms with Gasteiger partial charge in [0.25, 0.3) is 6.71 Å². The number of fused-ring (bicyclic) bond motifs is 10. The molecule has 7 aromatic carbocycles. The number of hydrogen-bond donors (Lipinski definition) is 1. The van der Waals surface area contributed by atoms with Gasteiger partial charge in [0.1, 0.15) is 11.2 Å². The SMILES string of the molecule is CC1CCCCC1(C)c1cc([Si](C)(C)C)ccc1Nc1cc2c3c(c1)N(c1cccc4oc5ccccc5c14)c1cc4c(cc1B3c1cc3c(cc1N2c1ccc2c(c1)C(C)(C)CCC2(C)C)C(C)(C)CCC3(C)C)C(C)(C)CCC4(C)C. The van der Waals surface area contributed by atoms with Crippen molar-refractivity contribution in [2.75, 3.05) is 15.1 Å². The molecule has 8 aromatic rings. The van der Waals surface area contributed by atoms with E-state index in [1.54, 1.807) is 0 Å². The zero-order valence-electron chi connectivity index (χ0n) is 53.5. The Kier molecular flexibility index (Phi) is 11.9. The van der Waals surface area contributed by atoms with Crippen molar-refractivity contribution in [1.29, 1.82) is 0 Å². The van der Waals surface area contributed by atoms with Crippen LogP contribution < -0.4 is 36.7 Å². The fourth-order valence-corrected chi connectivity index (χ4v) is 18.2. The van der Waals surface area contributed by atoms with E-state index in [0.29, 0.717) is 5.92 Å². The smallest absolute Gasteiger partial charge is 0.252 e. The summed E-state index contributed by atoms with van der Waals surface area (Å²) in [5, 5.41) is 8.22. The topological polar surface area (TPSA) is 31.6 Å². The second kappa shape index (κ2) is 18.0. The summed E-state index contributed by atoms with van der Waals surface area (Å²) in [6.07, 6.45) is 12.0. The Morgan fingerprint density at radius 2 is 1.00 bits per heavy atom. The highest BCUT2D eigenvalue weighted by Gasteiger charge is 2.50. The molecule has 83 heavy (non-hydrogen) atoms. The predicted octanol–water partition coefficient (Wildman–Crippen LogP) is 19.5. The van der Waals surface area contributed by atoms with Crippen molar-refractivity contribution in [1.82, 2.24) is 0 Å². The molecule has 2 unspecified atom stereocenters. The highest BCUT2D eigenvalue weighted by molar-refractivity contribution is 7.00. The lowest BCUT2D eigenvalue weighted by molar-refractivity contribution is 0.222. The molecule has 2 aliphatic heterocycles. The standard InChI is InChI=1S/C77H92BN3OSi/c1-47-23-20-21-32-77(47,14)58-42-50(83(15,16)17)29-31-61(58)79-48-39-65-70-66(40-48)81(62-25-22-27-68-69(62)51-24-18-19-26-67(51)82-68)64-46-57-55(74(8,9)36-38-76(57,12)13)44-60(64)78(70)59-43-54-56(75(10,11)37-35-73(54,6)7)45-63(59)80(65)49-28-30-52-53(41-49)72(4,5)34-33-71(52,2)3/h18-19,22,24-31,39-47,79H,20-21,23,32-38H2,1-17H3. The lowest BCUT2D eigenvalue weighted by atomic mass is 9.32. The summed E-state index contributed by atoms with van der Waals surface area (Å²) in [7, 11) is -1.67. The maximum atomic E-state index is 6.86. The van der Waals surface area contributed by atoms with Gasteiger partial charge < -0.3 is 19.5 Å². The van der Waals surface area contributed by atoms with E-state index < -0.39 is 8.07 Å². The number of anilines is 8. The minimum atomic E-state index is -1.67. The molecule has 6 aliphatic rings. The molecule has 428 valence electrons. The van der Waals surface area contributed by atoms with Crippen molar-refractivity contribution in [3.63, 3.8) is 0 Å². The Morgan fingerprint density at radius 1 is 0.470 bits per heavy atom. The number of furan rings is 1. The van der Waals surface area contributed by atoms with E-state index in [9.17, 15) is 0 Å². The zero-order valence-corrected chi connectivity index (χ0v) is 54.5. The fraction of sp³-hybridized carbons (Fsp3) is 0.455. The summed E-state index contributed by atoms with van der Waals surface area (Å²) < 4.78 is 6.86. The van der Waals surface area contributed by atoms with Crippen molar-refractivity contribution in [3.8, 4) is 0 Å². The summed E-state index contributed by atoms with van der Waals surface area (Å²) in [6, 6.07) is 46.8. The minimum Gasteiger partial charge on any atom is -0.456 e. The molecule has 1 fully saturated rings. The Hall–Kier alpha value is -5.98. The first-order valence-electron chi connectivity index (χ1n) is 32.1. The van der Waals surface area contributed by atoms with Crippen LogP contribution in [0.25, 0.3) is 21.9 Å². The van der Waals surface area contributed by atoms with Crippen molar-refractivity contribution in [2.24, 2.45) is 5.92 Å². The molecule has 2 atom stereocenters. The maximum absolute atomic E-state index is 6.86. The van der Waals surface area contributed by atoms with Crippen LogP contribution in [0.15, 0.2) is 120 Å². The summed E-state index contributed by atoms with van der Waals surface area (Å²) in [5.41, 5.74) is 26.6. The third kappa shape index (κ3) is 8.30. The third-order valence-corrected chi connectivity index (χ3v) is 25.2. The number of rotatable bonds is 6. The molecule has 1 aromatic heterocycles. The van der Waals surface area contributed by atoms with Gasteiger partial charge in [-0.05, 0) is 211 Å². The Labute approximate surface area is 499 Å². The maximum Gasteiger partial charge on any atom is 0.252 e. The average molecular weight is 1110 g/mol. The third-order valence-electron chi connectivity index (χ3n) is 23.2. The summed E-state index contributed by atoms with van der Waals surface area (Å²) in [6.45, 7) is 42.7. The molecule has 1 N–H and O–H groups in total. The lowest BCUT2D eigenvalue weighted by Gasteiger charge is -2.49. The first-order chi connectivity index (χ1) is 39.0. The van der Waals surface area contributed by atoms with E-state index in [4.69, 9.17) is 4.42 Å². The molecule has 6 heteroatoms. The Morgan fingerprint density at radius 3 is 1.59 bits per heavy atom. The molecule has 3 heterocycles. The monoisotopic (exact) mass is 1110 g/mol. The van der Waals surface area contributed by atoms with Crippen LogP contribution in [-0.4, -0.2) is 14.8 Å². The van der Waals surface area contributed by atoms with Crippen molar-refractivity contribution in [2.45, 2.75) is 219 Å². The van der Waals surface area contributed by atoms with E-state index in [1.165, 1.54) is 127 Å². The van der Waals surface area contributed by atoms with Gasteiger partial charge in [0.2, 0.25) is 0 Å². The predicted molar refractivity (Wildman–Crippen MR) is 361 cm³/mol. The molecule has 0 saturated heterocycles. The summed E-state index contributed by atoms with van der Waals surface area (Å²) >= 11 is 0. The lowest BCUT2D eigenvalue weighted by Crippen LogP contribution is -2.62. The van der Waals surface area contributed by atoms with Crippen molar-refractivity contribution in [3.05, 3.63) is 154 Å². The molecule has 14 rings (SSSR count). The van der Waals surface area contributed by atoms with Gasteiger partial charge in [0, 0.05) is 45.2 Å².